The van der Waals surface area contributed by atoms with Crippen LogP contribution in [0.1, 0.15) is 32.7 Å². The SMILES string of the molecule is C=C(c1ccccc1)C(C(=O)OCc1ccccc1)(C(=O)c1cc2c(cn1)[nH]c1ccccc12)N(C(Cc1c[nH]c2ccccc12)N=O)C(Cc1c[nH]c2ccccc12)N=O. The number of ketones is 1. The number of ether oxygens (including phenoxy) is 1. The Bertz CT molecular complexity index is 2990. The molecule has 9 rings (SSSR count). The fourth-order valence-electron chi connectivity index (χ4n) is 8.48. The molecule has 0 bridgehead atoms. The van der Waals surface area contributed by atoms with Crippen molar-refractivity contribution in [2.45, 2.75) is 37.3 Å². The third-order valence-electron chi connectivity index (χ3n) is 11.4. The minimum atomic E-state index is -2.65. The molecular formula is C49H39N7O5. The standard InChI is InChI=1S/C49H39N7O5/c1-31(33-16-6-3-7-17-33)49(48(58)61-30-32-14-4-2-5-15-32,47(57)43-26-39-38-20-10-13-23-42(38)53-44(39)29-52-43)56(45(54-59)24-34-27-50-40-21-11-8-18-36(34)40)46(55-60)25-35-28-51-41-22-12-9-19-37(35)41/h2-23,26-29,45-46,50-51,53H,1,24-25,30H2. The molecule has 300 valence electrons. The van der Waals surface area contributed by atoms with Gasteiger partial charge < -0.3 is 19.7 Å². The summed E-state index contributed by atoms with van der Waals surface area (Å²) in [6.07, 6.45) is 1.62. The number of H-pyrrole nitrogens is 3. The van der Waals surface area contributed by atoms with Gasteiger partial charge in [-0.3, -0.25) is 9.78 Å². The van der Waals surface area contributed by atoms with Gasteiger partial charge >= 0.3 is 5.97 Å². The van der Waals surface area contributed by atoms with E-state index in [0.29, 0.717) is 33.2 Å². The molecule has 0 spiro atoms. The predicted molar refractivity (Wildman–Crippen MR) is 237 cm³/mol. The first-order valence-corrected chi connectivity index (χ1v) is 19.8. The molecule has 12 heteroatoms. The van der Waals surface area contributed by atoms with Crippen molar-refractivity contribution in [2.24, 2.45) is 10.4 Å². The fraction of sp³-hybridized carbons (Fsp3) is 0.122. The zero-order valence-corrected chi connectivity index (χ0v) is 32.8. The Balaban J connectivity index is 1.31. The average Bonchev–Trinajstić information content (AvgIpc) is 4.04. The van der Waals surface area contributed by atoms with E-state index in [2.05, 4.69) is 36.9 Å². The minimum absolute atomic E-state index is 0.0582. The average molecular weight is 806 g/mol. The van der Waals surface area contributed by atoms with Gasteiger partial charge in [-0.25, -0.2) is 9.69 Å². The highest BCUT2D eigenvalue weighted by atomic mass is 16.5. The molecule has 3 unspecified atom stereocenters. The van der Waals surface area contributed by atoms with Gasteiger partial charge in [0.05, 0.1) is 11.7 Å². The maximum absolute atomic E-state index is 16.2. The summed E-state index contributed by atoms with van der Waals surface area (Å²) >= 11 is 0. The molecule has 4 heterocycles. The van der Waals surface area contributed by atoms with Gasteiger partial charge in [-0.15, -0.1) is 9.81 Å². The van der Waals surface area contributed by atoms with Crippen LogP contribution in [0.15, 0.2) is 175 Å². The van der Waals surface area contributed by atoms with Crippen LogP contribution >= 0.6 is 0 Å². The minimum Gasteiger partial charge on any atom is -0.459 e. The van der Waals surface area contributed by atoms with Gasteiger partial charge in [-0.2, -0.15) is 0 Å². The smallest absolute Gasteiger partial charge is 0.340 e. The third-order valence-corrected chi connectivity index (χ3v) is 11.4. The lowest BCUT2D eigenvalue weighted by molar-refractivity contribution is -0.155. The number of para-hydroxylation sites is 3. The van der Waals surface area contributed by atoms with E-state index >= 15 is 9.59 Å². The summed E-state index contributed by atoms with van der Waals surface area (Å²) in [7, 11) is 0. The zero-order valence-electron chi connectivity index (χ0n) is 32.8. The fourth-order valence-corrected chi connectivity index (χ4v) is 8.48. The number of carbonyl (C=O) groups excluding carboxylic acids is 2. The van der Waals surface area contributed by atoms with Crippen LogP contribution in [0.2, 0.25) is 0 Å². The van der Waals surface area contributed by atoms with Crippen molar-refractivity contribution >= 4 is 60.9 Å². The molecule has 3 atom stereocenters. The highest BCUT2D eigenvalue weighted by Gasteiger charge is 2.60. The van der Waals surface area contributed by atoms with Gasteiger partial charge in [0, 0.05) is 63.3 Å². The Morgan fingerprint density at radius 3 is 1.77 bits per heavy atom. The second-order valence-corrected chi connectivity index (χ2v) is 14.9. The number of rotatable bonds is 16. The number of nitroso groups, excluding NO2 is 2. The van der Waals surface area contributed by atoms with E-state index in [-0.39, 0.29) is 30.7 Å². The molecule has 0 aliphatic carbocycles. The van der Waals surface area contributed by atoms with E-state index in [9.17, 15) is 9.81 Å². The number of aromatic amines is 3. The molecule has 12 nitrogen and oxygen atoms in total. The van der Waals surface area contributed by atoms with Crippen molar-refractivity contribution in [3.63, 3.8) is 0 Å². The monoisotopic (exact) mass is 805 g/mol. The van der Waals surface area contributed by atoms with Gasteiger partial charge in [0.15, 0.2) is 12.3 Å². The molecule has 0 amide bonds. The Morgan fingerprint density at radius 2 is 1.18 bits per heavy atom. The first-order chi connectivity index (χ1) is 29.9. The molecule has 0 aliphatic heterocycles. The summed E-state index contributed by atoms with van der Waals surface area (Å²) < 4.78 is 6.21. The summed E-state index contributed by atoms with van der Waals surface area (Å²) in [5.74, 6) is -1.97. The number of hydrogen-bond acceptors (Lipinski definition) is 9. The Kier molecular flexibility index (Phi) is 10.4. The first kappa shape index (κ1) is 38.7. The molecule has 0 saturated carbocycles. The van der Waals surface area contributed by atoms with Crippen LogP contribution < -0.4 is 0 Å². The lowest BCUT2D eigenvalue weighted by Crippen LogP contribution is -2.67. The second kappa shape index (κ2) is 16.4. The molecule has 0 saturated heterocycles. The van der Waals surface area contributed by atoms with Crippen LogP contribution in [0.25, 0.3) is 49.2 Å². The number of benzene rings is 5. The number of carbonyl (C=O) groups is 2. The van der Waals surface area contributed by atoms with Crippen molar-refractivity contribution in [3.05, 3.63) is 202 Å². The van der Waals surface area contributed by atoms with Gasteiger partial charge in [0.1, 0.15) is 12.3 Å². The molecule has 0 aliphatic rings. The van der Waals surface area contributed by atoms with Gasteiger partial charge in [0.2, 0.25) is 11.3 Å². The topological polar surface area (TPSA) is 166 Å². The summed E-state index contributed by atoms with van der Waals surface area (Å²) in [6, 6.07) is 42.0. The van der Waals surface area contributed by atoms with Crippen molar-refractivity contribution in [1.82, 2.24) is 24.8 Å². The molecule has 9 aromatic rings. The molecule has 0 fully saturated rings. The second-order valence-electron chi connectivity index (χ2n) is 14.9. The first-order valence-electron chi connectivity index (χ1n) is 19.8. The Labute approximate surface area is 349 Å². The number of pyridine rings is 1. The van der Waals surface area contributed by atoms with E-state index in [4.69, 9.17) is 4.74 Å². The van der Waals surface area contributed by atoms with Crippen molar-refractivity contribution in [2.75, 3.05) is 0 Å². The van der Waals surface area contributed by atoms with Crippen LogP contribution in [-0.4, -0.2) is 54.5 Å². The molecule has 5 aromatic carbocycles. The van der Waals surface area contributed by atoms with Crippen LogP contribution in [0, 0.1) is 9.81 Å². The van der Waals surface area contributed by atoms with Crippen LogP contribution in [0.4, 0.5) is 0 Å². The number of nitrogens with one attached hydrogen (secondary N) is 3. The zero-order chi connectivity index (χ0) is 41.9. The highest BCUT2D eigenvalue weighted by molar-refractivity contribution is 6.25. The molecule has 3 N–H and O–H groups in total. The molecular weight excluding hydrogens is 767 g/mol. The Hall–Kier alpha value is -7.83. The summed E-state index contributed by atoms with van der Waals surface area (Å²) in [4.78, 5) is 75.1. The number of fused-ring (bicyclic) bond motifs is 5. The molecule has 61 heavy (non-hydrogen) atoms. The number of nitrogens with zero attached hydrogens (tertiary/aromatic N) is 4. The van der Waals surface area contributed by atoms with Crippen molar-refractivity contribution in [1.29, 1.82) is 0 Å². The maximum atomic E-state index is 16.2. The number of Topliss-reactive ketones (excluding diaryl/α,β-unsaturated/α-hetero) is 1. The van der Waals surface area contributed by atoms with Crippen molar-refractivity contribution < 1.29 is 14.3 Å². The van der Waals surface area contributed by atoms with Crippen molar-refractivity contribution in [3.8, 4) is 0 Å². The Morgan fingerprint density at radius 1 is 0.656 bits per heavy atom. The largest absolute Gasteiger partial charge is 0.459 e. The van der Waals surface area contributed by atoms with E-state index in [1.165, 1.54) is 11.1 Å². The maximum Gasteiger partial charge on any atom is 0.340 e. The molecule has 4 aromatic heterocycles. The highest BCUT2D eigenvalue weighted by Crippen LogP contribution is 2.42. The quantitative estimate of drug-likeness (QED) is 0.0378. The number of hydrogen-bond donors (Lipinski definition) is 3. The number of esters is 1. The van der Waals surface area contributed by atoms with Crippen LogP contribution in [0.3, 0.4) is 0 Å². The van der Waals surface area contributed by atoms with E-state index < -0.39 is 29.6 Å². The lowest BCUT2D eigenvalue weighted by Gasteiger charge is -2.45. The summed E-state index contributed by atoms with van der Waals surface area (Å²) in [5, 5.41) is 10.4. The van der Waals surface area contributed by atoms with Crippen LogP contribution in [0.5, 0.6) is 0 Å². The molecule has 0 radical (unpaired) electrons. The normalized spacial score (nSPS) is 13.6. The number of aromatic nitrogens is 4. The van der Waals surface area contributed by atoms with E-state index in [1.807, 2.05) is 78.9 Å². The van der Waals surface area contributed by atoms with E-state index in [1.54, 1.807) is 73.1 Å². The summed E-state index contributed by atoms with van der Waals surface area (Å²) in [5.41, 5.74) is 2.56. The summed E-state index contributed by atoms with van der Waals surface area (Å²) in [6.45, 7) is 4.23. The van der Waals surface area contributed by atoms with E-state index in [0.717, 1.165) is 32.7 Å². The van der Waals surface area contributed by atoms with Gasteiger partial charge in [-0.1, -0.05) is 132 Å². The van der Waals surface area contributed by atoms with Gasteiger partial charge in [-0.05, 0) is 52.1 Å². The van der Waals surface area contributed by atoms with Gasteiger partial charge in [0.25, 0.3) is 0 Å². The predicted octanol–water partition coefficient (Wildman–Crippen LogP) is 10.0. The lowest BCUT2D eigenvalue weighted by atomic mass is 9.77. The van der Waals surface area contributed by atoms with Crippen LogP contribution in [-0.2, 0) is 29.0 Å². The third kappa shape index (κ3) is 6.98.